The molecular formula is C12H16Cl2N2O. The van der Waals surface area contributed by atoms with Gasteiger partial charge in [-0.15, -0.1) is 12.4 Å². The molecule has 3 nitrogen and oxygen atoms in total. The van der Waals surface area contributed by atoms with Crippen molar-refractivity contribution in [3.05, 3.63) is 34.9 Å². The zero-order valence-corrected chi connectivity index (χ0v) is 11.0. The van der Waals surface area contributed by atoms with Crippen molar-refractivity contribution in [2.75, 3.05) is 13.1 Å². The van der Waals surface area contributed by atoms with Gasteiger partial charge in [-0.25, -0.2) is 0 Å². The fraction of sp³-hybridized carbons (Fsp3) is 0.417. The summed E-state index contributed by atoms with van der Waals surface area (Å²) >= 11 is 5.78. The summed E-state index contributed by atoms with van der Waals surface area (Å²) in [5.74, 6) is 0.0480. The fourth-order valence-corrected chi connectivity index (χ4v) is 2.10. The molecule has 0 aliphatic carbocycles. The molecule has 2 N–H and O–H groups in total. The van der Waals surface area contributed by atoms with Crippen molar-refractivity contribution >= 4 is 29.9 Å². The number of halogens is 2. The molecule has 17 heavy (non-hydrogen) atoms. The van der Waals surface area contributed by atoms with E-state index in [0.717, 1.165) is 19.4 Å². The molecular weight excluding hydrogens is 259 g/mol. The normalized spacial score (nSPS) is 19.6. The summed E-state index contributed by atoms with van der Waals surface area (Å²) in [7, 11) is 0. The van der Waals surface area contributed by atoms with Crippen molar-refractivity contribution in [3.63, 3.8) is 0 Å². The molecule has 1 amide bonds. The van der Waals surface area contributed by atoms with Crippen LogP contribution in [-0.2, 0) is 0 Å². The molecule has 1 aromatic carbocycles. The highest BCUT2D eigenvalue weighted by Crippen LogP contribution is 2.15. The molecule has 1 aromatic rings. The van der Waals surface area contributed by atoms with Crippen LogP contribution in [0.5, 0.6) is 0 Å². The van der Waals surface area contributed by atoms with Crippen LogP contribution in [0.3, 0.4) is 0 Å². The predicted octanol–water partition coefficient (Wildman–Crippen LogP) is 2.33. The van der Waals surface area contributed by atoms with E-state index >= 15 is 0 Å². The molecule has 0 bridgehead atoms. The highest BCUT2D eigenvalue weighted by atomic mass is 35.5. The maximum absolute atomic E-state index is 12.1. The molecule has 1 fully saturated rings. The van der Waals surface area contributed by atoms with Crippen molar-refractivity contribution in [2.45, 2.75) is 18.9 Å². The van der Waals surface area contributed by atoms with E-state index in [1.165, 1.54) is 0 Å². The van der Waals surface area contributed by atoms with Crippen LogP contribution in [0.1, 0.15) is 23.2 Å². The Morgan fingerprint density at radius 3 is 2.59 bits per heavy atom. The molecule has 1 saturated heterocycles. The van der Waals surface area contributed by atoms with Crippen LogP contribution in [0.15, 0.2) is 24.3 Å². The Hall–Kier alpha value is -0.770. The summed E-state index contributed by atoms with van der Waals surface area (Å²) in [6.45, 7) is 1.45. The molecule has 1 aliphatic rings. The van der Waals surface area contributed by atoms with E-state index in [2.05, 4.69) is 0 Å². The monoisotopic (exact) mass is 274 g/mol. The average Bonchev–Trinajstić information content (AvgIpc) is 2.29. The lowest BCUT2D eigenvalue weighted by Crippen LogP contribution is -2.45. The Labute approximate surface area is 112 Å². The first-order valence-electron chi connectivity index (χ1n) is 5.47. The fourth-order valence-electron chi connectivity index (χ4n) is 1.97. The van der Waals surface area contributed by atoms with Crippen LogP contribution in [0, 0.1) is 0 Å². The maximum Gasteiger partial charge on any atom is 0.253 e. The molecule has 1 unspecified atom stereocenters. The third kappa shape index (κ3) is 3.60. The van der Waals surface area contributed by atoms with Crippen LogP contribution in [0.25, 0.3) is 0 Å². The minimum absolute atomic E-state index is 0. The predicted molar refractivity (Wildman–Crippen MR) is 71.8 cm³/mol. The summed E-state index contributed by atoms with van der Waals surface area (Å²) in [6, 6.07) is 7.09. The highest BCUT2D eigenvalue weighted by molar-refractivity contribution is 6.30. The van der Waals surface area contributed by atoms with Crippen LogP contribution in [0.2, 0.25) is 5.02 Å². The standard InChI is InChI=1S/C12H15ClN2O.ClH/c13-10-5-3-9(4-6-10)12(16)15-7-1-2-11(14)8-15;/h3-6,11H,1-2,7-8,14H2;1H. The number of hydrogen-bond donors (Lipinski definition) is 1. The van der Waals surface area contributed by atoms with Gasteiger partial charge in [0.2, 0.25) is 0 Å². The zero-order chi connectivity index (χ0) is 11.5. The molecule has 1 aliphatic heterocycles. The van der Waals surface area contributed by atoms with Gasteiger partial charge in [0, 0.05) is 29.7 Å². The second-order valence-corrected chi connectivity index (χ2v) is 4.60. The minimum Gasteiger partial charge on any atom is -0.337 e. The van der Waals surface area contributed by atoms with Crippen molar-refractivity contribution < 1.29 is 4.79 Å². The van der Waals surface area contributed by atoms with Gasteiger partial charge in [0.25, 0.3) is 5.91 Å². The largest absolute Gasteiger partial charge is 0.337 e. The van der Waals surface area contributed by atoms with E-state index in [1.807, 2.05) is 4.90 Å². The Morgan fingerprint density at radius 1 is 1.35 bits per heavy atom. The third-order valence-electron chi connectivity index (χ3n) is 2.84. The Bertz CT molecular complexity index is 381. The number of amides is 1. The Morgan fingerprint density at radius 2 is 2.00 bits per heavy atom. The second kappa shape index (κ2) is 6.24. The van der Waals surface area contributed by atoms with E-state index in [1.54, 1.807) is 24.3 Å². The van der Waals surface area contributed by atoms with Crippen LogP contribution < -0.4 is 5.73 Å². The van der Waals surface area contributed by atoms with Crippen LogP contribution in [-0.4, -0.2) is 29.9 Å². The Balaban J connectivity index is 0.00000144. The first kappa shape index (κ1) is 14.3. The van der Waals surface area contributed by atoms with Crippen molar-refractivity contribution in [3.8, 4) is 0 Å². The number of rotatable bonds is 1. The average molecular weight is 275 g/mol. The maximum atomic E-state index is 12.1. The first-order chi connectivity index (χ1) is 7.66. The quantitative estimate of drug-likeness (QED) is 0.855. The van der Waals surface area contributed by atoms with Crippen molar-refractivity contribution in [2.24, 2.45) is 5.73 Å². The number of carbonyl (C=O) groups excluding carboxylic acids is 1. The lowest BCUT2D eigenvalue weighted by Gasteiger charge is -2.30. The summed E-state index contributed by atoms with van der Waals surface area (Å²) in [5, 5.41) is 0.645. The van der Waals surface area contributed by atoms with Gasteiger partial charge in [0.1, 0.15) is 0 Å². The smallest absolute Gasteiger partial charge is 0.253 e. The molecule has 2 rings (SSSR count). The molecule has 1 heterocycles. The molecule has 0 spiro atoms. The minimum atomic E-state index is 0. The van der Waals surface area contributed by atoms with Crippen molar-refractivity contribution in [1.82, 2.24) is 4.90 Å². The van der Waals surface area contributed by atoms with Crippen LogP contribution in [0.4, 0.5) is 0 Å². The van der Waals surface area contributed by atoms with Crippen LogP contribution >= 0.6 is 24.0 Å². The van der Waals surface area contributed by atoms with Crippen molar-refractivity contribution in [1.29, 1.82) is 0 Å². The summed E-state index contributed by atoms with van der Waals surface area (Å²) in [6.07, 6.45) is 1.99. The van der Waals surface area contributed by atoms with Gasteiger partial charge >= 0.3 is 0 Å². The van der Waals surface area contributed by atoms with E-state index in [-0.39, 0.29) is 24.4 Å². The van der Waals surface area contributed by atoms with Gasteiger partial charge in [0.05, 0.1) is 0 Å². The second-order valence-electron chi connectivity index (χ2n) is 4.16. The Kier molecular flexibility index (Phi) is 5.25. The van der Waals surface area contributed by atoms with E-state index in [4.69, 9.17) is 17.3 Å². The topological polar surface area (TPSA) is 46.3 Å². The number of likely N-dealkylation sites (tertiary alicyclic amines) is 1. The first-order valence-corrected chi connectivity index (χ1v) is 5.85. The number of nitrogens with two attached hydrogens (primary N) is 1. The highest BCUT2D eigenvalue weighted by Gasteiger charge is 2.21. The molecule has 94 valence electrons. The van der Waals surface area contributed by atoms with Gasteiger partial charge in [0.15, 0.2) is 0 Å². The van der Waals surface area contributed by atoms with E-state index < -0.39 is 0 Å². The summed E-state index contributed by atoms with van der Waals surface area (Å²) in [5.41, 5.74) is 6.53. The van der Waals surface area contributed by atoms with Gasteiger partial charge < -0.3 is 10.6 Å². The summed E-state index contributed by atoms with van der Waals surface area (Å²) in [4.78, 5) is 13.9. The summed E-state index contributed by atoms with van der Waals surface area (Å²) < 4.78 is 0. The number of nitrogens with zero attached hydrogens (tertiary/aromatic N) is 1. The lowest BCUT2D eigenvalue weighted by atomic mass is 10.1. The number of piperidine rings is 1. The number of hydrogen-bond acceptors (Lipinski definition) is 2. The number of carbonyl (C=O) groups is 1. The van der Waals surface area contributed by atoms with Gasteiger partial charge in [-0.2, -0.15) is 0 Å². The van der Waals surface area contributed by atoms with E-state index in [0.29, 0.717) is 17.1 Å². The van der Waals surface area contributed by atoms with Gasteiger partial charge in [-0.05, 0) is 37.1 Å². The third-order valence-corrected chi connectivity index (χ3v) is 3.09. The molecule has 0 radical (unpaired) electrons. The lowest BCUT2D eigenvalue weighted by molar-refractivity contribution is 0.0709. The molecule has 0 aromatic heterocycles. The van der Waals surface area contributed by atoms with Gasteiger partial charge in [-0.3, -0.25) is 4.79 Å². The zero-order valence-electron chi connectivity index (χ0n) is 9.43. The van der Waals surface area contributed by atoms with Gasteiger partial charge in [-0.1, -0.05) is 11.6 Å². The van der Waals surface area contributed by atoms with E-state index in [9.17, 15) is 4.79 Å². The SMILES string of the molecule is Cl.NC1CCCN(C(=O)c2ccc(Cl)cc2)C1. The molecule has 5 heteroatoms. The molecule has 1 atom stereocenters. The molecule has 0 saturated carbocycles. The number of benzene rings is 1.